The van der Waals surface area contributed by atoms with Gasteiger partial charge in [-0.25, -0.2) is 0 Å². The fraction of sp³-hybridized carbons (Fsp3) is 0.241. The average Bonchev–Trinajstić information content (AvgIpc) is 3.44. The van der Waals surface area contributed by atoms with Crippen molar-refractivity contribution in [1.82, 2.24) is 14.8 Å². The molecule has 0 fully saturated rings. The molecule has 36 heavy (non-hydrogen) atoms. The van der Waals surface area contributed by atoms with E-state index >= 15 is 0 Å². The average molecular weight is 482 g/mol. The molecule has 0 aliphatic carbocycles. The molecule has 3 heterocycles. The van der Waals surface area contributed by atoms with Gasteiger partial charge in [-0.05, 0) is 47.9 Å². The molecule has 0 bridgehead atoms. The highest BCUT2D eigenvalue weighted by Gasteiger charge is 2.39. The number of benzene rings is 3. The van der Waals surface area contributed by atoms with Crippen LogP contribution in [-0.4, -0.2) is 58.4 Å². The number of imide groups is 1. The number of aliphatic hydroxyl groups excluding tert-OH is 1. The van der Waals surface area contributed by atoms with E-state index in [2.05, 4.69) is 22.0 Å². The summed E-state index contributed by atoms with van der Waals surface area (Å²) in [5.41, 5.74) is 4.92. The predicted octanol–water partition coefficient (Wildman–Crippen LogP) is 4.11. The lowest BCUT2D eigenvalue weighted by Crippen LogP contribution is -2.45. The van der Waals surface area contributed by atoms with Gasteiger partial charge in [0, 0.05) is 42.3 Å². The summed E-state index contributed by atoms with van der Waals surface area (Å²) >= 11 is 0. The summed E-state index contributed by atoms with van der Waals surface area (Å²) in [6.07, 6.45) is 1.91. The zero-order chi connectivity index (χ0) is 24.8. The zero-order valence-corrected chi connectivity index (χ0v) is 20.0. The molecule has 7 nitrogen and oxygen atoms in total. The van der Waals surface area contributed by atoms with Crippen LogP contribution in [0.2, 0.25) is 0 Å². The number of hydrogen-bond acceptors (Lipinski definition) is 5. The van der Waals surface area contributed by atoms with Crippen molar-refractivity contribution >= 4 is 22.7 Å². The highest BCUT2D eigenvalue weighted by atomic mass is 16.5. The Morgan fingerprint density at radius 2 is 1.75 bits per heavy atom. The van der Waals surface area contributed by atoms with Crippen LogP contribution in [0.1, 0.15) is 49.6 Å². The number of nitrogens with one attached hydrogen (secondary N) is 1. The molecule has 0 spiro atoms. The number of methoxy groups -OCH3 is 1. The number of rotatable bonds is 6. The van der Waals surface area contributed by atoms with E-state index in [4.69, 9.17) is 4.74 Å². The molecule has 0 radical (unpaired) electrons. The number of carbonyl (C=O) groups is 2. The topological polar surface area (TPSA) is 85.9 Å². The molecule has 0 saturated carbocycles. The van der Waals surface area contributed by atoms with Crippen LogP contribution in [0.15, 0.2) is 72.9 Å². The number of aromatic amines is 1. The SMILES string of the molecule is COc1ccc2[nH]cc([C@H](O)CN3CCc4ccccc4[C@H]3CN3C(=O)c4ccccc4C3=O)c2c1. The monoisotopic (exact) mass is 481 g/mol. The number of aliphatic hydroxyl groups is 1. The summed E-state index contributed by atoms with van der Waals surface area (Å²) in [6.45, 7) is 1.32. The minimum Gasteiger partial charge on any atom is -0.497 e. The Balaban J connectivity index is 1.31. The maximum absolute atomic E-state index is 13.1. The van der Waals surface area contributed by atoms with E-state index in [0.717, 1.165) is 34.2 Å². The van der Waals surface area contributed by atoms with Crippen molar-refractivity contribution in [2.24, 2.45) is 0 Å². The zero-order valence-electron chi connectivity index (χ0n) is 20.0. The lowest BCUT2D eigenvalue weighted by Gasteiger charge is -2.39. The van der Waals surface area contributed by atoms with Gasteiger partial charge in [0.1, 0.15) is 5.75 Å². The highest BCUT2D eigenvalue weighted by Crippen LogP contribution is 2.35. The summed E-state index contributed by atoms with van der Waals surface area (Å²) in [6, 6.07) is 20.7. The second-order valence-electron chi connectivity index (χ2n) is 9.40. The van der Waals surface area contributed by atoms with Gasteiger partial charge in [-0.1, -0.05) is 36.4 Å². The molecular formula is C29H27N3O4. The Bertz CT molecular complexity index is 1440. The lowest BCUT2D eigenvalue weighted by molar-refractivity contribution is 0.0489. The molecular weight excluding hydrogens is 454 g/mol. The van der Waals surface area contributed by atoms with Crippen molar-refractivity contribution in [3.63, 3.8) is 0 Å². The van der Waals surface area contributed by atoms with Gasteiger partial charge in [0.2, 0.25) is 0 Å². The van der Waals surface area contributed by atoms with Crippen LogP contribution in [0.5, 0.6) is 5.75 Å². The standard InChI is InChI=1S/C29H27N3O4/c1-36-19-10-11-25-23(14-19)24(15-30-25)27(33)17-31-13-12-18-6-2-3-7-20(18)26(31)16-32-28(34)21-8-4-5-9-22(21)29(32)35/h2-11,14-15,26-27,30,33H,12-13,16-17H2,1H3/t26-,27-/m1/s1. The van der Waals surface area contributed by atoms with Crippen molar-refractivity contribution in [3.05, 3.63) is 101 Å². The summed E-state index contributed by atoms with van der Waals surface area (Å²) in [5.74, 6) is 0.205. The van der Waals surface area contributed by atoms with E-state index in [9.17, 15) is 14.7 Å². The molecule has 2 N–H and O–H groups in total. The normalized spacial score (nSPS) is 18.4. The van der Waals surface area contributed by atoms with Crippen LogP contribution in [0.4, 0.5) is 0 Å². The molecule has 0 saturated heterocycles. The number of β-amino-alcohol motifs (C(OH)–C–C–N with tert-alkyl or cyclic N) is 1. The Hall–Kier alpha value is -3.94. The molecule has 2 aliphatic rings. The van der Waals surface area contributed by atoms with Gasteiger partial charge >= 0.3 is 0 Å². The number of ether oxygens (including phenoxy) is 1. The van der Waals surface area contributed by atoms with E-state index in [1.807, 2.05) is 36.5 Å². The minimum absolute atomic E-state index is 0.216. The largest absolute Gasteiger partial charge is 0.497 e. The van der Waals surface area contributed by atoms with Gasteiger partial charge in [-0.2, -0.15) is 0 Å². The first kappa shape index (κ1) is 22.5. The number of nitrogens with zero attached hydrogens (tertiary/aromatic N) is 2. The number of carbonyl (C=O) groups excluding carboxylic acids is 2. The Morgan fingerprint density at radius 3 is 2.50 bits per heavy atom. The molecule has 0 unspecified atom stereocenters. The molecule has 2 atom stereocenters. The molecule has 182 valence electrons. The van der Waals surface area contributed by atoms with Crippen LogP contribution in [0.25, 0.3) is 10.9 Å². The fourth-order valence-electron chi connectivity index (χ4n) is 5.56. The van der Waals surface area contributed by atoms with E-state index in [-0.39, 0.29) is 24.4 Å². The Labute approximate surface area is 208 Å². The first-order chi connectivity index (χ1) is 17.5. The molecule has 2 amide bonds. The molecule has 1 aromatic heterocycles. The first-order valence-corrected chi connectivity index (χ1v) is 12.2. The second-order valence-corrected chi connectivity index (χ2v) is 9.40. The molecule has 6 rings (SSSR count). The summed E-state index contributed by atoms with van der Waals surface area (Å²) < 4.78 is 5.38. The quantitative estimate of drug-likeness (QED) is 0.405. The predicted molar refractivity (Wildman–Crippen MR) is 136 cm³/mol. The smallest absolute Gasteiger partial charge is 0.261 e. The summed E-state index contributed by atoms with van der Waals surface area (Å²) in [7, 11) is 1.62. The maximum Gasteiger partial charge on any atom is 0.261 e. The number of fused-ring (bicyclic) bond motifs is 3. The number of aromatic nitrogens is 1. The van der Waals surface area contributed by atoms with Gasteiger partial charge < -0.3 is 14.8 Å². The molecule has 3 aromatic carbocycles. The van der Waals surface area contributed by atoms with Crippen molar-refractivity contribution in [2.75, 3.05) is 26.7 Å². The fourth-order valence-corrected chi connectivity index (χ4v) is 5.56. The summed E-state index contributed by atoms with van der Waals surface area (Å²) in [4.78, 5) is 33.1. The third kappa shape index (κ3) is 3.68. The van der Waals surface area contributed by atoms with Crippen LogP contribution >= 0.6 is 0 Å². The van der Waals surface area contributed by atoms with Crippen molar-refractivity contribution < 1.29 is 19.4 Å². The number of amides is 2. The van der Waals surface area contributed by atoms with Gasteiger partial charge in [-0.3, -0.25) is 19.4 Å². The third-order valence-corrected chi connectivity index (χ3v) is 7.44. The first-order valence-electron chi connectivity index (χ1n) is 12.2. The Kier molecular flexibility index (Phi) is 5.59. The van der Waals surface area contributed by atoms with E-state index in [1.165, 1.54) is 10.5 Å². The maximum atomic E-state index is 13.1. The van der Waals surface area contributed by atoms with Crippen molar-refractivity contribution in [2.45, 2.75) is 18.6 Å². The minimum atomic E-state index is -0.763. The Morgan fingerprint density at radius 1 is 1.03 bits per heavy atom. The van der Waals surface area contributed by atoms with Gasteiger partial charge in [0.15, 0.2) is 0 Å². The number of H-pyrrole nitrogens is 1. The van der Waals surface area contributed by atoms with Crippen molar-refractivity contribution in [1.29, 1.82) is 0 Å². The van der Waals surface area contributed by atoms with E-state index < -0.39 is 6.10 Å². The molecule has 7 heteroatoms. The molecule has 2 aliphatic heterocycles. The molecule has 4 aromatic rings. The van der Waals surface area contributed by atoms with E-state index in [1.54, 1.807) is 31.4 Å². The second kappa shape index (κ2) is 8.93. The van der Waals surface area contributed by atoms with Gasteiger partial charge in [-0.15, -0.1) is 0 Å². The number of hydrogen-bond donors (Lipinski definition) is 2. The van der Waals surface area contributed by atoms with Crippen LogP contribution in [0.3, 0.4) is 0 Å². The van der Waals surface area contributed by atoms with Crippen LogP contribution < -0.4 is 4.74 Å². The van der Waals surface area contributed by atoms with Gasteiger partial charge in [0.25, 0.3) is 11.8 Å². The van der Waals surface area contributed by atoms with Crippen molar-refractivity contribution in [3.8, 4) is 5.75 Å². The van der Waals surface area contributed by atoms with E-state index in [0.29, 0.717) is 24.2 Å². The van der Waals surface area contributed by atoms with Gasteiger partial charge in [0.05, 0.1) is 30.4 Å². The lowest BCUT2D eigenvalue weighted by atomic mass is 9.91. The third-order valence-electron chi connectivity index (χ3n) is 7.44. The van der Waals surface area contributed by atoms with Crippen LogP contribution in [0, 0.1) is 0 Å². The summed E-state index contributed by atoms with van der Waals surface area (Å²) in [5, 5.41) is 12.3. The highest BCUT2D eigenvalue weighted by molar-refractivity contribution is 6.21. The van der Waals surface area contributed by atoms with Crippen LogP contribution in [-0.2, 0) is 6.42 Å².